The molecule has 0 spiro atoms. The second kappa shape index (κ2) is 6.03. The molecule has 2 aromatic heterocycles. The molecule has 0 fully saturated rings. The zero-order valence-electron chi connectivity index (χ0n) is 11.3. The average molecular weight is 263 g/mol. The Morgan fingerprint density at radius 2 is 2.21 bits per heavy atom. The highest BCUT2D eigenvalue weighted by molar-refractivity contribution is 5.38. The Hall–Kier alpha value is -2.31. The lowest BCUT2D eigenvalue weighted by atomic mass is 10.4. The third kappa shape index (κ3) is 3.12. The second-order valence-corrected chi connectivity index (χ2v) is 3.79. The van der Waals surface area contributed by atoms with Crippen molar-refractivity contribution in [2.45, 2.75) is 13.5 Å². The molecule has 0 amide bonds. The van der Waals surface area contributed by atoms with Crippen molar-refractivity contribution in [3.63, 3.8) is 0 Å². The van der Waals surface area contributed by atoms with E-state index >= 15 is 0 Å². The summed E-state index contributed by atoms with van der Waals surface area (Å²) >= 11 is 0. The smallest absolute Gasteiger partial charge is 0.322 e. The van der Waals surface area contributed by atoms with Gasteiger partial charge < -0.3 is 19.4 Å². The molecule has 2 heterocycles. The Morgan fingerprint density at radius 1 is 1.37 bits per heavy atom. The number of rotatable bonds is 6. The van der Waals surface area contributed by atoms with Crippen LogP contribution >= 0.6 is 0 Å². The molecule has 0 aliphatic carbocycles. The maximum atomic E-state index is 5.34. The monoisotopic (exact) mass is 263 g/mol. The summed E-state index contributed by atoms with van der Waals surface area (Å²) in [5, 5.41) is 2.89. The number of aromatic nitrogens is 3. The van der Waals surface area contributed by atoms with Crippen LogP contribution in [0.4, 0.5) is 11.9 Å². The summed E-state index contributed by atoms with van der Waals surface area (Å²) in [7, 11) is 3.28. The average Bonchev–Trinajstić information content (AvgIpc) is 2.97. The molecule has 7 heteroatoms. The van der Waals surface area contributed by atoms with Gasteiger partial charge in [0.2, 0.25) is 11.9 Å². The topological polar surface area (TPSA) is 76.3 Å². The first kappa shape index (κ1) is 13.1. The lowest BCUT2D eigenvalue weighted by Gasteiger charge is -2.19. The van der Waals surface area contributed by atoms with Gasteiger partial charge in [0.25, 0.3) is 0 Å². The van der Waals surface area contributed by atoms with Crippen molar-refractivity contribution >= 4 is 11.9 Å². The summed E-state index contributed by atoms with van der Waals surface area (Å²) in [5.74, 6) is 1.88. The lowest BCUT2D eigenvalue weighted by molar-refractivity contribution is 0.378. The van der Waals surface area contributed by atoms with Crippen LogP contribution in [0.25, 0.3) is 0 Å². The van der Waals surface area contributed by atoms with Crippen molar-refractivity contribution < 1.29 is 9.15 Å². The van der Waals surface area contributed by atoms with Crippen LogP contribution in [0.15, 0.2) is 22.8 Å². The first-order valence-corrected chi connectivity index (χ1v) is 6.02. The largest absolute Gasteiger partial charge is 0.467 e. The number of methoxy groups -OCH3 is 1. The fraction of sp³-hybridized carbons (Fsp3) is 0.417. The Morgan fingerprint density at radius 3 is 2.79 bits per heavy atom. The van der Waals surface area contributed by atoms with E-state index in [9.17, 15) is 0 Å². The molecule has 0 aromatic carbocycles. The van der Waals surface area contributed by atoms with E-state index in [1.54, 1.807) is 13.3 Å². The second-order valence-electron chi connectivity index (χ2n) is 3.79. The zero-order chi connectivity index (χ0) is 13.7. The molecule has 0 saturated heterocycles. The van der Waals surface area contributed by atoms with Gasteiger partial charge in [-0.2, -0.15) is 15.0 Å². The number of furan rings is 1. The molecule has 19 heavy (non-hydrogen) atoms. The van der Waals surface area contributed by atoms with Gasteiger partial charge in [0.1, 0.15) is 5.76 Å². The highest BCUT2D eigenvalue weighted by Crippen LogP contribution is 2.17. The quantitative estimate of drug-likeness (QED) is 0.847. The first-order valence-electron chi connectivity index (χ1n) is 6.02. The van der Waals surface area contributed by atoms with Gasteiger partial charge in [-0.1, -0.05) is 0 Å². The van der Waals surface area contributed by atoms with E-state index in [-0.39, 0.29) is 6.01 Å². The summed E-state index contributed by atoms with van der Waals surface area (Å²) in [5.41, 5.74) is 0. The van der Waals surface area contributed by atoms with E-state index in [1.807, 2.05) is 24.0 Å². The fourth-order valence-electron chi connectivity index (χ4n) is 1.60. The maximum Gasteiger partial charge on any atom is 0.322 e. The molecule has 7 nitrogen and oxygen atoms in total. The van der Waals surface area contributed by atoms with E-state index in [0.717, 1.165) is 12.3 Å². The van der Waals surface area contributed by atoms with E-state index < -0.39 is 0 Å². The van der Waals surface area contributed by atoms with Gasteiger partial charge in [0.05, 0.1) is 19.9 Å². The van der Waals surface area contributed by atoms with Gasteiger partial charge in [-0.15, -0.1) is 0 Å². The summed E-state index contributed by atoms with van der Waals surface area (Å²) in [6.07, 6.45) is 1.65. The Balaban J connectivity index is 2.26. The summed E-state index contributed by atoms with van der Waals surface area (Å²) in [6, 6.07) is 4.06. The van der Waals surface area contributed by atoms with Crippen LogP contribution in [0.2, 0.25) is 0 Å². The van der Waals surface area contributed by atoms with Crippen LogP contribution in [0.1, 0.15) is 12.7 Å². The van der Waals surface area contributed by atoms with Crippen LogP contribution in [-0.2, 0) is 6.54 Å². The highest BCUT2D eigenvalue weighted by Gasteiger charge is 2.13. The molecule has 102 valence electrons. The van der Waals surface area contributed by atoms with Gasteiger partial charge >= 0.3 is 6.01 Å². The highest BCUT2D eigenvalue weighted by atomic mass is 16.5. The molecule has 0 atom stereocenters. The van der Waals surface area contributed by atoms with Crippen molar-refractivity contribution in [3.8, 4) is 6.01 Å². The molecule has 0 radical (unpaired) electrons. The van der Waals surface area contributed by atoms with Crippen molar-refractivity contribution in [2.75, 3.05) is 30.9 Å². The fourth-order valence-corrected chi connectivity index (χ4v) is 1.60. The first-order chi connectivity index (χ1) is 9.26. The molecule has 0 aliphatic rings. The number of hydrogen-bond acceptors (Lipinski definition) is 7. The minimum absolute atomic E-state index is 0.284. The van der Waals surface area contributed by atoms with E-state index in [2.05, 4.69) is 20.3 Å². The summed E-state index contributed by atoms with van der Waals surface area (Å²) in [4.78, 5) is 14.6. The Kier molecular flexibility index (Phi) is 4.17. The van der Waals surface area contributed by atoms with Gasteiger partial charge in [-0.25, -0.2) is 0 Å². The third-order valence-corrected chi connectivity index (χ3v) is 2.60. The van der Waals surface area contributed by atoms with Crippen LogP contribution in [-0.4, -0.2) is 35.7 Å². The third-order valence-electron chi connectivity index (χ3n) is 2.60. The van der Waals surface area contributed by atoms with Crippen LogP contribution < -0.4 is 15.0 Å². The van der Waals surface area contributed by atoms with Gasteiger partial charge in [0, 0.05) is 13.6 Å². The number of ether oxygens (including phenoxy) is 1. The lowest BCUT2D eigenvalue weighted by Crippen LogP contribution is -2.24. The standard InChI is InChI=1S/C12H17N5O2/c1-4-17(8-9-6-5-7-19-9)11-14-10(13-2)15-12(16-11)18-3/h5-7H,4,8H2,1-3H3,(H,13,14,15,16). The number of anilines is 2. The molecule has 0 bridgehead atoms. The van der Waals surface area contributed by atoms with E-state index in [1.165, 1.54) is 7.11 Å². The number of hydrogen-bond donors (Lipinski definition) is 1. The van der Waals surface area contributed by atoms with E-state index in [0.29, 0.717) is 18.4 Å². The summed E-state index contributed by atoms with van der Waals surface area (Å²) in [6.45, 7) is 3.37. The number of nitrogens with zero attached hydrogens (tertiary/aromatic N) is 4. The maximum absolute atomic E-state index is 5.34. The Bertz CT molecular complexity index is 493. The van der Waals surface area contributed by atoms with Crippen LogP contribution in [0.3, 0.4) is 0 Å². The molecule has 2 rings (SSSR count). The van der Waals surface area contributed by atoms with Crippen LogP contribution in [0, 0.1) is 0 Å². The van der Waals surface area contributed by atoms with Gasteiger partial charge in [-0.05, 0) is 19.1 Å². The molecule has 1 N–H and O–H groups in total. The van der Waals surface area contributed by atoms with Crippen molar-refractivity contribution in [3.05, 3.63) is 24.2 Å². The molecule has 0 unspecified atom stereocenters. The zero-order valence-corrected chi connectivity index (χ0v) is 11.3. The molecule has 2 aromatic rings. The predicted molar refractivity (Wildman–Crippen MR) is 71.4 cm³/mol. The normalized spacial score (nSPS) is 10.3. The van der Waals surface area contributed by atoms with Crippen molar-refractivity contribution in [1.82, 2.24) is 15.0 Å². The molecule has 0 saturated carbocycles. The SMILES string of the molecule is CCN(Cc1ccco1)c1nc(NC)nc(OC)n1. The molecular formula is C12H17N5O2. The minimum atomic E-state index is 0.284. The van der Waals surface area contributed by atoms with Gasteiger partial charge in [0.15, 0.2) is 0 Å². The van der Waals surface area contributed by atoms with E-state index in [4.69, 9.17) is 9.15 Å². The van der Waals surface area contributed by atoms with Gasteiger partial charge in [-0.3, -0.25) is 0 Å². The van der Waals surface area contributed by atoms with Crippen molar-refractivity contribution in [2.24, 2.45) is 0 Å². The predicted octanol–water partition coefficient (Wildman–Crippen LogP) is 1.54. The number of nitrogens with one attached hydrogen (secondary N) is 1. The Labute approximate surface area is 111 Å². The van der Waals surface area contributed by atoms with Crippen LogP contribution in [0.5, 0.6) is 6.01 Å². The minimum Gasteiger partial charge on any atom is -0.467 e. The summed E-state index contributed by atoms with van der Waals surface area (Å²) < 4.78 is 10.4. The molecular weight excluding hydrogens is 246 g/mol. The van der Waals surface area contributed by atoms with Crippen molar-refractivity contribution in [1.29, 1.82) is 0 Å². The molecule has 0 aliphatic heterocycles.